The Kier molecular flexibility index (Phi) is 2.52. The zero-order valence-corrected chi connectivity index (χ0v) is 6.70. The Hall–Kier alpha value is -0.540. The van der Waals surface area contributed by atoms with Crippen molar-refractivity contribution >= 4 is 28.9 Å². The molecule has 1 aromatic rings. The van der Waals surface area contributed by atoms with E-state index in [1.54, 1.807) is 0 Å². The summed E-state index contributed by atoms with van der Waals surface area (Å²) in [4.78, 5) is 0. The van der Waals surface area contributed by atoms with Crippen molar-refractivity contribution in [3.63, 3.8) is 0 Å². The molecule has 0 aliphatic heterocycles. The van der Waals surface area contributed by atoms with Gasteiger partial charge in [0.05, 0.1) is 0 Å². The van der Waals surface area contributed by atoms with E-state index in [2.05, 4.69) is 0 Å². The van der Waals surface area contributed by atoms with Gasteiger partial charge in [0.15, 0.2) is 0 Å². The summed E-state index contributed by atoms with van der Waals surface area (Å²) in [5.74, 6) is 0. The van der Waals surface area contributed by atoms with Gasteiger partial charge >= 0.3 is 0 Å². The Balaban J connectivity index is 3.08. The van der Waals surface area contributed by atoms with Crippen LogP contribution in [0.5, 0.6) is 0 Å². The van der Waals surface area contributed by atoms with Crippen LogP contribution in [0, 0.1) is 0 Å². The quantitative estimate of drug-likeness (QED) is 0.623. The summed E-state index contributed by atoms with van der Waals surface area (Å²) in [6, 6.07) is 3.62. The molecule has 0 unspecified atom stereocenters. The van der Waals surface area contributed by atoms with Crippen molar-refractivity contribution in [3.8, 4) is 0 Å². The second kappa shape index (κ2) is 3.24. The molecule has 5 heteroatoms. The van der Waals surface area contributed by atoms with Gasteiger partial charge in [-0.3, -0.25) is 0 Å². The molecular weight excluding hydrogens is 195 g/mol. The number of anilines is 1. The first-order chi connectivity index (χ1) is 5.09. The van der Waals surface area contributed by atoms with Gasteiger partial charge in [-0.05, 0) is 23.5 Å². The van der Waals surface area contributed by atoms with Crippen LogP contribution in [0.4, 0.5) is 14.6 Å². The van der Waals surface area contributed by atoms with Gasteiger partial charge < -0.3 is 0 Å². The van der Waals surface area contributed by atoms with Crippen molar-refractivity contribution in [1.82, 2.24) is 0 Å². The minimum absolute atomic E-state index is 0.188. The van der Waals surface area contributed by atoms with Gasteiger partial charge in [-0.15, -0.1) is 0 Å². The molecule has 0 bridgehead atoms. The molecule has 0 saturated heterocycles. The molecule has 0 fully saturated rings. The van der Waals surface area contributed by atoms with Crippen molar-refractivity contribution in [2.45, 2.75) is 0 Å². The highest BCUT2D eigenvalue weighted by Gasteiger charge is 2.04. The maximum absolute atomic E-state index is 11.8. The highest BCUT2D eigenvalue weighted by molar-refractivity contribution is 6.35. The van der Waals surface area contributed by atoms with E-state index < -0.39 is 5.34 Å². The normalized spacial score (nSPS) is 9.82. The Bertz CT molecular complexity index is 245. The first-order valence-electron chi connectivity index (χ1n) is 2.67. The molecule has 0 radical (unpaired) electrons. The van der Waals surface area contributed by atoms with Crippen LogP contribution in [-0.4, -0.2) is 0 Å². The van der Waals surface area contributed by atoms with E-state index in [0.717, 1.165) is 12.1 Å². The lowest BCUT2D eigenvalue weighted by Gasteiger charge is -2.02. The molecule has 11 heavy (non-hydrogen) atoms. The lowest BCUT2D eigenvalue weighted by Crippen LogP contribution is -1.94. The molecule has 0 aromatic heterocycles. The molecule has 0 saturated carbocycles. The van der Waals surface area contributed by atoms with Crippen LogP contribution >= 0.6 is 23.2 Å². The molecule has 1 nitrogen and oxygen atoms in total. The van der Waals surface area contributed by atoms with Crippen molar-refractivity contribution in [2.75, 3.05) is 5.34 Å². The maximum atomic E-state index is 11.8. The van der Waals surface area contributed by atoms with Gasteiger partial charge in [0.1, 0.15) is 5.69 Å². The van der Waals surface area contributed by atoms with Crippen LogP contribution in [-0.2, 0) is 0 Å². The van der Waals surface area contributed by atoms with Gasteiger partial charge in [-0.25, -0.2) is 0 Å². The molecule has 0 atom stereocenters. The molecule has 1 aromatic carbocycles. The predicted octanol–water partition coefficient (Wildman–Crippen LogP) is 3.57. The van der Waals surface area contributed by atoms with Crippen LogP contribution in [0.2, 0.25) is 10.0 Å². The first kappa shape index (κ1) is 8.56. The molecule has 60 valence electrons. The summed E-state index contributed by atoms with van der Waals surface area (Å²) < 4.78 is 23.7. The van der Waals surface area contributed by atoms with Crippen molar-refractivity contribution in [3.05, 3.63) is 28.2 Å². The Morgan fingerprint density at radius 2 is 1.45 bits per heavy atom. The number of nitrogens with zero attached hydrogens (tertiary/aromatic N) is 1. The van der Waals surface area contributed by atoms with E-state index in [4.69, 9.17) is 23.2 Å². The molecule has 0 aliphatic rings. The van der Waals surface area contributed by atoms with Crippen LogP contribution in [0.15, 0.2) is 18.2 Å². The van der Waals surface area contributed by atoms with Gasteiger partial charge in [0.25, 0.3) is 0 Å². The average Bonchev–Trinajstić information content (AvgIpc) is 1.85. The molecule has 0 N–H and O–H groups in total. The topological polar surface area (TPSA) is 3.24 Å². The highest BCUT2D eigenvalue weighted by Crippen LogP contribution is 2.25. The number of rotatable bonds is 1. The summed E-state index contributed by atoms with van der Waals surface area (Å²) in [6.07, 6.45) is 0. The van der Waals surface area contributed by atoms with Gasteiger partial charge in [-0.2, -0.15) is 0 Å². The fourth-order valence-corrected chi connectivity index (χ4v) is 1.15. The van der Waals surface area contributed by atoms with Gasteiger partial charge in [0.2, 0.25) is 0 Å². The maximum Gasteiger partial charge on any atom is 0.108 e. The molecular formula is C6H3Cl2F2N. The third kappa shape index (κ3) is 2.20. The monoisotopic (exact) mass is 197 g/mol. The van der Waals surface area contributed by atoms with Crippen LogP contribution in [0.25, 0.3) is 0 Å². The molecule has 0 aliphatic carbocycles. The summed E-state index contributed by atoms with van der Waals surface area (Å²) in [5.41, 5.74) is -0.317. The zero-order chi connectivity index (χ0) is 8.43. The Morgan fingerprint density at radius 3 is 1.82 bits per heavy atom. The summed E-state index contributed by atoms with van der Waals surface area (Å²) in [7, 11) is 0. The van der Waals surface area contributed by atoms with E-state index in [1.165, 1.54) is 6.07 Å². The standard InChI is InChI=1S/C6H3Cl2F2N/c7-4-1-5(8)3-6(2-4)11(9)10/h1-3H. The predicted molar refractivity (Wildman–Crippen MR) is 41.2 cm³/mol. The minimum atomic E-state index is -1.04. The van der Waals surface area contributed by atoms with E-state index in [0.29, 0.717) is 0 Å². The zero-order valence-electron chi connectivity index (χ0n) is 5.19. The van der Waals surface area contributed by atoms with E-state index in [9.17, 15) is 8.96 Å². The summed E-state index contributed by atoms with van der Waals surface area (Å²) >= 11 is 10.9. The second-order valence-electron chi connectivity index (χ2n) is 1.86. The lowest BCUT2D eigenvalue weighted by atomic mass is 10.3. The lowest BCUT2D eigenvalue weighted by molar-refractivity contribution is 0.235. The number of halogens is 4. The van der Waals surface area contributed by atoms with Crippen molar-refractivity contribution in [2.24, 2.45) is 0 Å². The molecule has 0 heterocycles. The first-order valence-corrected chi connectivity index (χ1v) is 3.43. The molecule has 1 rings (SSSR count). The van der Waals surface area contributed by atoms with E-state index >= 15 is 0 Å². The average molecular weight is 198 g/mol. The van der Waals surface area contributed by atoms with Crippen molar-refractivity contribution in [1.29, 1.82) is 0 Å². The smallest absolute Gasteiger partial charge is 0.0842 e. The third-order valence-corrected chi connectivity index (χ3v) is 1.48. The van der Waals surface area contributed by atoms with Crippen LogP contribution < -0.4 is 5.34 Å². The number of hydrogen-bond donors (Lipinski definition) is 0. The third-order valence-electron chi connectivity index (χ3n) is 1.04. The van der Waals surface area contributed by atoms with Gasteiger partial charge in [0, 0.05) is 10.0 Å². The fraction of sp³-hybridized carbons (Fsp3) is 0. The largest absolute Gasteiger partial charge is 0.108 e. The second-order valence-corrected chi connectivity index (χ2v) is 2.73. The SMILES string of the molecule is FN(F)c1cc(Cl)cc(Cl)c1. The highest BCUT2D eigenvalue weighted by atomic mass is 35.5. The number of benzene rings is 1. The molecule has 0 spiro atoms. The van der Waals surface area contributed by atoms with E-state index in [-0.39, 0.29) is 15.7 Å². The van der Waals surface area contributed by atoms with Crippen LogP contribution in [0.3, 0.4) is 0 Å². The fourth-order valence-electron chi connectivity index (χ4n) is 0.637. The minimum Gasteiger partial charge on any atom is -0.0842 e. The molecule has 0 amide bonds. The summed E-state index contributed by atoms with van der Waals surface area (Å²) in [5, 5.41) is -0.668. The van der Waals surface area contributed by atoms with Crippen LogP contribution in [0.1, 0.15) is 0 Å². The number of hydrogen-bond acceptors (Lipinski definition) is 1. The Labute approximate surface area is 72.0 Å². The van der Waals surface area contributed by atoms with Gasteiger partial charge in [-0.1, -0.05) is 32.2 Å². The van der Waals surface area contributed by atoms with E-state index in [1.807, 2.05) is 0 Å². The van der Waals surface area contributed by atoms with Crippen molar-refractivity contribution < 1.29 is 8.96 Å². The summed E-state index contributed by atoms with van der Waals surface area (Å²) in [6.45, 7) is 0. The Morgan fingerprint density at radius 1 is 1.00 bits per heavy atom.